The Morgan fingerprint density at radius 3 is 2.81 bits per heavy atom. The Labute approximate surface area is 96.8 Å². The summed E-state index contributed by atoms with van der Waals surface area (Å²) >= 11 is 0. The highest BCUT2D eigenvalue weighted by Crippen LogP contribution is 2.06. The zero-order valence-corrected chi connectivity index (χ0v) is 10.2. The minimum Gasteiger partial charge on any atom is -0.472 e. The SMILES string of the molecule is C=CCOc1cncc(CNC(C)(C)C)n1. The van der Waals surface area contributed by atoms with Gasteiger partial charge in [0.05, 0.1) is 11.9 Å². The molecule has 0 radical (unpaired) electrons. The zero-order chi connectivity index (χ0) is 12.0. The highest BCUT2D eigenvalue weighted by molar-refractivity contribution is 5.08. The molecular formula is C12H19N3O. The van der Waals surface area contributed by atoms with Crippen molar-refractivity contribution in [1.29, 1.82) is 0 Å². The second-order valence-corrected chi connectivity index (χ2v) is 4.55. The van der Waals surface area contributed by atoms with Gasteiger partial charge in [0.2, 0.25) is 5.88 Å². The Morgan fingerprint density at radius 2 is 2.19 bits per heavy atom. The van der Waals surface area contributed by atoms with E-state index in [1.807, 2.05) is 0 Å². The van der Waals surface area contributed by atoms with E-state index in [-0.39, 0.29) is 5.54 Å². The Morgan fingerprint density at radius 1 is 1.44 bits per heavy atom. The van der Waals surface area contributed by atoms with Crippen molar-refractivity contribution in [1.82, 2.24) is 15.3 Å². The van der Waals surface area contributed by atoms with E-state index in [4.69, 9.17) is 4.74 Å². The van der Waals surface area contributed by atoms with Crippen LogP contribution in [-0.4, -0.2) is 22.1 Å². The predicted octanol–water partition coefficient (Wildman–Crippen LogP) is 1.93. The number of nitrogens with zero attached hydrogens (tertiary/aromatic N) is 2. The Kier molecular flexibility index (Phi) is 4.43. The largest absolute Gasteiger partial charge is 0.472 e. The third-order valence-electron chi connectivity index (χ3n) is 1.81. The molecule has 1 N–H and O–H groups in total. The lowest BCUT2D eigenvalue weighted by Crippen LogP contribution is -2.35. The van der Waals surface area contributed by atoms with E-state index in [0.717, 1.165) is 5.69 Å². The molecule has 0 aliphatic heterocycles. The molecule has 0 atom stereocenters. The van der Waals surface area contributed by atoms with Crippen LogP contribution in [0.2, 0.25) is 0 Å². The molecule has 1 aromatic heterocycles. The molecular weight excluding hydrogens is 202 g/mol. The highest BCUT2D eigenvalue weighted by atomic mass is 16.5. The van der Waals surface area contributed by atoms with E-state index in [2.05, 4.69) is 42.6 Å². The summed E-state index contributed by atoms with van der Waals surface area (Å²) in [7, 11) is 0. The minimum atomic E-state index is 0.0691. The van der Waals surface area contributed by atoms with Crippen LogP contribution < -0.4 is 10.1 Å². The Bertz CT molecular complexity index is 344. The fraction of sp³-hybridized carbons (Fsp3) is 0.500. The van der Waals surface area contributed by atoms with Crippen molar-refractivity contribution < 1.29 is 4.74 Å². The molecule has 0 unspecified atom stereocenters. The standard InChI is InChI=1S/C12H19N3O/c1-5-6-16-11-9-13-7-10(15-11)8-14-12(2,3)4/h5,7,9,14H,1,6,8H2,2-4H3. The minimum absolute atomic E-state index is 0.0691. The third kappa shape index (κ3) is 4.89. The van der Waals surface area contributed by atoms with Crippen molar-refractivity contribution in [3.8, 4) is 5.88 Å². The smallest absolute Gasteiger partial charge is 0.232 e. The summed E-state index contributed by atoms with van der Waals surface area (Å²) in [4.78, 5) is 8.39. The maximum atomic E-state index is 5.31. The van der Waals surface area contributed by atoms with Crippen LogP contribution in [0.5, 0.6) is 5.88 Å². The van der Waals surface area contributed by atoms with Gasteiger partial charge < -0.3 is 10.1 Å². The molecule has 0 bridgehead atoms. The lowest BCUT2D eigenvalue weighted by Gasteiger charge is -2.20. The fourth-order valence-electron chi connectivity index (χ4n) is 1.04. The number of hydrogen-bond acceptors (Lipinski definition) is 4. The first-order chi connectivity index (χ1) is 7.51. The summed E-state index contributed by atoms with van der Waals surface area (Å²) in [5, 5.41) is 3.34. The molecule has 0 fully saturated rings. The molecule has 88 valence electrons. The van der Waals surface area contributed by atoms with Crippen LogP contribution in [0.15, 0.2) is 25.0 Å². The molecule has 0 saturated heterocycles. The maximum Gasteiger partial charge on any atom is 0.232 e. The monoisotopic (exact) mass is 221 g/mol. The van der Waals surface area contributed by atoms with Gasteiger partial charge in [-0.2, -0.15) is 0 Å². The summed E-state index contributed by atoms with van der Waals surface area (Å²) < 4.78 is 5.31. The molecule has 16 heavy (non-hydrogen) atoms. The van der Waals surface area contributed by atoms with Crippen LogP contribution in [0, 0.1) is 0 Å². The molecule has 1 aromatic rings. The molecule has 1 heterocycles. The molecule has 0 aliphatic rings. The summed E-state index contributed by atoms with van der Waals surface area (Å²) in [5.74, 6) is 0.535. The second-order valence-electron chi connectivity index (χ2n) is 4.55. The molecule has 4 heteroatoms. The van der Waals surface area contributed by atoms with Gasteiger partial charge in [-0.15, -0.1) is 0 Å². The van der Waals surface area contributed by atoms with Gasteiger partial charge in [-0.1, -0.05) is 12.7 Å². The quantitative estimate of drug-likeness (QED) is 0.772. The first-order valence-electron chi connectivity index (χ1n) is 5.31. The van der Waals surface area contributed by atoms with Crippen LogP contribution in [0.1, 0.15) is 26.5 Å². The van der Waals surface area contributed by atoms with Crippen LogP contribution in [-0.2, 0) is 6.54 Å². The molecule has 4 nitrogen and oxygen atoms in total. The van der Waals surface area contributed by atoms with Gasteiger partial charge in [0.25, 0.3) is 0 Å². The van der Waals surface area contributed by atoms with Gasteiger partial charge in [-0.3, -0.25) is 4.98 Å². The summed E-state index contributed by atoms with van der Waals surface area (Å²) in [6.07, 6.45) is 5.02. The van der Waals surface area contributed by atoms with E-state index in [1.165, 1.54) is 0 Å². The van der Waals surface area contributed by atoms with Crippen molar-refractivity contribution in [2.75, 3.05) is 6.61 Å². The maximum absolute atomic E-state index is 5.31. The van der Waals surface area contributed by atoms with E-state index in [9.17, 15) is 0 Å². The zero-order valence-electron chi connectivity index (χ0n) is 10.2. The van der Waals surface area contributed by atoms with E-state index >= 15 is 0 Å². The first-order valence-corrected chi connectivity index (χ1v) is 5.31. The molecule has 0 saturated carbocycles. The normalized spacial score (nSPS) is 11.2. The lowest BCUT2D eigenvalue weighted by molar-refractivity contribution is 0.343. The van der Waals surface area contributed by atoms with Crippen LogP contribution >= 0.6 is 0 Å². The van der Waals surface area contributed by atoms with Crippen LogP contribution in [0.3, 0.4) is 0 Å². The average molecular weight is 221 g/mol. The van der Waals surface area contributed by atoms with Gasteiger partial charge in [-0.05, 0) is 20.8 Å². The Hall–Kier alpha value is -1.42. The van der Waals surface area contributed by atoms with Gasteiger partial charge in [-0.25, -0.2) is 4.98 Å². The summed E-state index contributed by atoms with van der Waals surface area (Å²) in [6, 6.07) is 0. The Balaban J connectivity index is 2.56. The predicted molar refractivity (Wildman–Crippen MR) is 64.3 cm³/mol. The highest BCUT2D eigenvalue weighted by Gasteiger charge is 2.09. The summed E-state index contributed by atoms with van der Waals surface area (Å²) in [6.45, 7) is 11.0. The topological polar surface area (TPSA) is 47.0 Å². The second kappa shape index (κ2) is 5.61. The number of aromatic nitrogens is 2. The first kappa shape index (κ1) is 12.6. The fourth-order valence-corrected chi connectivity index (χ4v) is 1.04. The molecule has 0 aliphatic carbocycles. The van der Waals surface area contributed by atoms with E-state index < -0.39 is 0 Å². The number of rotatable bonds is 5. The van der Waals surface area contributed by atoms with Crippen molar-refractivity contribution in [3.63, 3.8) is 0 Å². The van der Waals surface area contributed by atoms with Gasteiger partial charge in [0.15, 0.2) is 0 Å². The van der Waals surface area contributed by atoms with Gasteiger partial charge in [0.1, 0.15) is 6.61 Å². The van der Waals surface area contributed by atoms with Gasteiger partial charge >= 0.3 is 0 Å². The van der Waals surface area contributed by atoms with Crippen molar-refractivity contribution in [2.24, 2.45) is 0 Å². The van der Waals surface area contributed by atoms with Crippen molar-refractivity contribution >= 4 is 0 Å². The van der Waals surface area contributed by atoms with Crippen molar-refractivity contribution in [3.05, 3.63) is 30.7 Å². The third-order valence-corrected chi connectivity index (χ3v) is 1.81. The molecule has 0 aromatic carbocycles. The van der Waals surface area contributed by atoms with E-state index in [1.54, 1.807) is 18.5 Å². The summed E-state index contributed by atoms with van der Waals surface area (Å²) in [5.41, 5.74) is 0.941. The molecule has 0 spiro atoms. The average Bonchev–Trinajstić information content (AvgIpc) is 2.23. The van der Waals surface area contributed by atoms with Crippen molar-refractivity contribution in [2.45, 2.75) is 32.9 Å². The van der Waals surface area contributed by atoms with Gasteiger partial charge in [0, 0.05) is 18.3 Å². The number of ether oxygens (including phenoxy) is 1. The van der Waals surface area contributed by atoms with Crippen LogP contribution in [0.25, 0.3) is 0 Å². The number of hydrogen-bond donors (Lipinski definition) is 1. The molecule has 0 amide bonds. The van der Waals surface area contributed by atoms with Crippen LogP contribution in [0.4, 0.5) is 0 Å². The lowest BCUT2D eigenvalue weighted by atomic mass is 10.1. The molecule has 1 rings (SSSR count). The number of nitrogens with one attached hydrogen (secondary N) is 1. The van der Waals surface area contributed by atoms with E-state index in [0.29, 0.717) is 19.0 Å².